The molecule has 0 fully saturated rings. The van der Waals surface area contributed by atoms with Crippen molar-refractivity contribution in [2.45, 2.75) is 44.9 Å². The van der Waals surface area contributed by atoms with E-state index in [1.165, 1.54) is 0 Å². The highest BCUT2D eigenvalue weighted by Crippen LogP contribution is 2.12. The van der Waals surface area contributed by atoms with Crippen LogP contribution in [0.15, 0.2) is 0 Å². The minimum Gasteiger partial charge on any atom is -0.229 e. The average molecular weight is 227 g/mol. The van der Waals surface area contributed by atoms with Crippen LogP contribution in [0.25, 0.3) is 0 Å². The molecule has 0 radical (unpaired) electrons. The third-order valence-electron chi connectivity index (χ3n) is 2.01. The fourth-order valence-electron chi connectivity index (χ4n) is 1.13. The predicted molar refractivity (Wildman–Crippen MR) is 58.1 cm³/mol. The van der Waals surface area contributed by atoms with Gasteiger partial charge in [-0.2, -0.15) is 0 Å². The second-order valence-corrected chi connectivity index (χ2v) is 6.35. The molecule has 0 bridgehead atoms. The maximum Gasteiger partial charge on any atom is 0.150 e. The third-order valence-corrected chi connectivity index (χ3v) is 4.24. The van der Waals surface area contributed by atoms with Gasteiger partial charge in [0.15, 0.2) is 0 Å². The molecule has 0 aliphatic carbocycles. The number of hydrogen-bond donors (Lipinski definition) is 0. The minimum absolute atomic E-state index is 0.150. The Morgan fingerprint density at radius 1 is 1.23 bits per heavy atom. The molecule has 0 aliphatic heterocycles. The van der Waals surface area contributed by atoms with Crippen molar-refractivity contribution in [2.24, 2.45) is 0 Å². The molecule has 0 rings (SSSR count). The molecule has 0 aromatic rings. The summed E-state index contributed by atoms with van der Waals surface area (Å²) in [7, 11) is -2.79. The van der Waals surface area contributed by atoms with E-state index < -0.39 is 9.84 Å². The number of rotatable bonds is 7. The molecule has 0 N–H and O–H groups in total. The zero-order valence-corrected chi connectivity index (χ0v) is 10.00. The summed E-state index contributed by atoms with van der Waals surface area (Å²) in [6.07, 6.45) is 3.56. The predicted octanol–water partition coefficient (Wildman–Crippen LogP) is 2.61. The first kappa shape index (κ1) is 13.2. The van der Waals surface area contributed by atoms with Crippen LogP contribution >= 0.6 is 11.6 Å². The second-order valence-electron chi connectivity index (χ2n) is 3.26. The monoisotopic (exact) mass is 226 g/mol. The van der Waals surface area contributed by atoms with Crippen molar-refractivity contribution < 1.29 is 8.42 Å². The van der Waals surface area contributed by atoms with Crippen molar-refractivity contribution in [1.29, 1.82) is 0 Å². The van der Waals surface area contributed by atoms with E-state index in [0.29, 0.717) is 6.42 Å². The molecule has 0 saturated heterocycles. The molecule has 0 heterocycles. The van der Waals surface area contributed by atoms with Gasteiger partial charge in [0, 0.05) is 11.1 Å². The van der Waals surface area contributed by atoms with E-state index >= 15 is 0 Å². The van der Waals surface area contributed by atoms with Gasteiger partial charge in [-0.05, 0) is 19.3 Å². The minimum atomic E-state index is -2.79. The maximum atomic E-state index is 11.1. The number of hydrogen-bond acceptors (Lipinski definition) is 2. The van der Waals surface area contributed by atoms with Gasteiger partial charge in [0.1, 0.15) is 9.84 Å². The van der Waals surface area contributed by atoms with Crippen molar-refractivity contribution in [3.05, 3.63) is 0 Å². The summed E-state index contributed by atoms with van der Waals surface area (Å²) in [6, 6.07) is 0. The van der Waals surface area contributed by atoms with E-state index in [0.717, 1.165) is 19.3 Å². The van der Waals surface area contributed by atoms with Crippen molar-refractivity contribution in [2.75, 3.05) is 11.5 Å². The molecule has 0 amide bonds. The molecule has 80 valence electrons. The summed E-state index contributed by atoms with van der Waals surface area (Å²) < 4.78 is 22.2. The molecule has 1 unspecified atom stereocenters. The lowest BCUT2D eigenvalue weighted by molar-refractivity contribution is 0.589. The van der Waals surface area contributed by atoms with E-state index in [-0.39, 0.29) is 16.9 Å². The van der Waals surface area contributed by atoms with Gasteiger partial charge in [-0.3, -0.25) is 0 Å². The highest BCUT2D eigenvalue weighted by atomic mass is 35.5. The van der Waals surface area contributed by atoms with Crippen LogP contribution in [0, 0.1) is 0 Å². The summed E-state index contributed by atoms with van der Waals surface area (Å²) in [5.74, 6) is 0.532. The van der Waals surface area contributed by atoms with E-state index in [4.69, 9.17) is 11.6 Å². The first-order valence-electron chi connectivity index (χ1n) is 4.86. The highest BCUT2D eigenvalue weighted by Gasteiger charge is 2.09. The van der Waals surface area contributed by atoms with E-state index in [2.05, 4.69) is 6.92 Å². The molecule has 13 heavy (non-hydrogen) atoms. The zero-order valence-electron chi connectivity index (χ0n) is 8.42. The lowest BCUT2D eigenvalue weighted by Crippen LogP contribution is -2.10. The number of sulfone groups is 1. The first-order valence-corrected chi connectivity index (χ1v) is 7.12. The van der Waals surface area contributed by atoms with Crippen molar-refractivity contribution in [1.82, 2.24) is 0 Å². The molecule has 0 spiro atoms. The van der Waals surface area contributed by atoms with Crippen LogP contribution < -0.4 is 0 Å². The molecule has 2 nitrogen and oxygen atoms in total. The second kappa shape index (κ2) is 6.66. The topological polar surface area (TPSA) is 34.1 Å². The van der Waals surface area contributed by atoms with Gasteiger partial charge in [-0.25, -0.2) is 8.42 Å². The molecule has 0 aliphatic rings. The summed E-state index contributed by atoms with van der Waals surface area (Å²) in [5.41, 5.74) is 0. The van der Waals surface area contributed by atoms with Crippen molar-refractivity contribution in [3.8, 4) is 0 Å². The zero-order chi connectivity index (χ0) is 10.3. The number of halogens is 1. The lowest BCUT2D eigenvalue weighted by atomic mass is 10.2. The van der Waals surface area contributed by atoms with Gasteiger partial charge in [-0.15, -0.1) is 11.6 Å². The normalized spacial score (nSPS) is 14.4. The Balaban J connectivity index is 3.56. The molecular formula is C9H19ClO2S. The third kappa shape index (κ3) is 7.32. The summed E-state index contributed by atoms with van der Waals surface area (Å²) in [4.78, 5) is 0. The van der Waals surface area contributed by atoms with Gasteiger partial charge in [0.25, 0.3) is 0 Å². The molecule has 1 atom stereocenters. The summed E-state index contributed by atoms with van der Waals surface area (Å²) in [5, 5.41) is 0.150. The van der Waals surface area contributed by atoms with Crippen LogP contribution in [0.5, 0.6) is 0 Å². The molecular weight excluding hydrogens is 208 g/mol. The Morgan fingerprint density at radius 2 is 1.85 bits per heavy atom. The summed E-state index contributed by atoms with van der Waals surface area (Å²) in [6.45, 7) is 3.76. The smallest absolute Gasteiger partial charge is 0.150 e. The van der Waals surface area contributed by atoms with Crippen LogP contribution in [0.4, 0.5) is 0 Å². The molecule has 0 aromatic heterocycles. The van der Waals surface area contributed by atoms with Crippen LogP contribution in [0.1, 0.15) is 39.5 Å². The van der Waals surface area contributed by atoms with Gasteiger partial charge in [0.2, 0.25) is 0 Å². The molecule has 0 saturated carbocycles. The maximum absolute atomic E-state index is 11.1. The van der Waals surface area contributed by atoms with Gasteiger partial charge in [-0.1, -0.05) is 20.3 Å². The van der Waals surface area contributed by atoms with Gasteiger partial charge >= 0.3 is 0 Å². The van der Waals surface area contributed by atoms with E-state index in [9.17, 15) is 8.42 Å². The van der Waals surface area contributed by atoms with Crippen molar-refractivity contribution >= 4 is 21.4 Å². The van der Waals surface area contributed by atoms with E-state index in [1.54, 1.807) is 6.92 Å². The Morgan fingerprint density at radius 3 is 2.31 bits per heavy atom. The average Bonchev–Trinajstić information content (AvgIpc) is 2.05. The van der Waals surface area contributed by atoms with Gasteiger partial charge < -0.3 is 0 Å². The van der Waals surface area contributed by atoms with E-state index in [1.807, 2.05) is 0 Å². The van der Waals surface area contributed by atoms with Gasteiger partial charge in [0.05, 0.1) is 5.75 Å². The largest absolute Gasteiger partial charge is 0.229 e. The highest BCUT2D eigenvalue weighted by molar-refractivity contribution is 7.91. The van der Waals surface area contributed by atoms with Crippen LogP contribution in [0.3, 0.4) is 0 Å². The van der Waals surface area contributed by atoms with Crippen molar-refractivity contribution in [3.63, 3.8) is 0 Å². The lowest BCUT2D eigenvalue weighted by Gasteiger charge is -2.06. The van der Waals surface area contributed by atoms with Crippen LogP contribution in [0.2, 0.25) is 0 Å². The Labute approximate surface area is 86.6 Å². The summed E-state index contributed by atoms with van der Waals surface area (Å²) >= 11 is 5.96. The van der Waals surface area contributed by atoms with Crippen LogP contribution in [-0.4, -0.2) is 25.3 Å². The number of alkyl halides is 1. The SMILES string of the molecule is CCCC(Cl)CCCS(=O)(=O)CC. The first-order chi connectivity index (χ1) is 6.02. The Kier molecular flexibility index (Phi) is 6.78. The standard InChI is InChI=1S/C9H19ClO2S/c1-3-6-9(10)7-5-8-13(11,12)4-2/h9H,3-8H2,1-2H3. The molecule has 4 heteroatoms. The molecule has 0 aromatic carbocycles. The Hall–Kier alpha value is 0.240. The Bertz CT molecular complexity index is 212. The van der Waals surface area contributed by atoms with Crippen LogP contribution in [-0.2, 0) is 9.84 Å². The fraction of sp³-hybridized carbons (Fsp3) is 1.00. The fourth-order valence-corrected chi connectivity index (χ4v) is 2.39. The quantitative estimate of drug-likeness (QED) is 0.626.